The SMILES string of the molecule is COCCNCC(CCC(C)(C)C)Cc1cccc(F)c1. The number of ether oxygens (including phenoxy) is 1. The van der Waals surface area contributed by atoms with Crippen LogP contribution >= 0.6 is 0 Å². The molecule has 0 aromatic heterocycles. The van der Waals surface area contributed by atoms with Crippen LogP contribution < -0.4 is 5.32 Å². The van der Waals surface area contributed by atoms with Crippen LogP contribution in [0.25, 0.3) is 0 Å². The largest absolute Gasteiger partial charge is 0.383 e. The molecule has 1 unspecified atom stereocenters. The van der Waals surface area contributed by atoms with Crippen molar-refractivity contribution in [2.45, 2.75) is 40.0 Å². The summed E-state index contributed by atoms with van der Waals surface area (Å²) in [4.78, 5) is 0. The van der Waals surface area contributed by atoms with Gasteiger partial charge in [0.25, 0.3) is 0 Å². The third-order valence-electron chi connectivity index (χ3n) is 3.63. The molecule has 1 aromatic carbocycles. The van der Waals surface area contributed by atoms with Gasteiger partial charge in [-0.15, -0.1) is 0 Å². The Morgan fingerprint density at radius 1 is 1.29 bits per heavy atom. The Morgan fingerprint density at radius 2 is 2.05 bits per heavy atom. The fourth-order valence-electron chi connectivity index (χ4n) is 2.39. The smallest absolute Gasteiger partial charge is 0.123 e. The van der Waals surface area contributed by atoms with Gasteiger partial charge in [-0.3, -0.25) is 0 Å². The minimum absolute atomic E-state index is 0.144. The lowest BCUT2D eigenvalue weighted by Gasteiger charge is -2.23. The van der Waals surface area contributed by atoms with Crippen LogP contribution in [0, 0.1) is 17.2 Å². The summed E-state index contributed by atoms with van der Waals surface area (Å²) < 4.78 is 18.4. The molecule has 0 spiro atoms. The van der Waals surface area contributed by atoms with Gasteiger partial charge in [-0.2, -0.15) is 0 Å². The second-order valence-electron chi connectivity index (χ2n) is 7.00. The second kappa shape index (κ2) is 9.16. The zero-order valence-corrected chi connectivity index (χ0v) is 13.9. The molecule has 0 aliphatic heterocycles. The summed E-state index contributed by atoms with van der Waals surface area (Å²) in [6.07, 6.45) is 3.26. The van der Waals surface area contributed by atoms with Crippen LogP contribution in [0.3, 0.4) is 0 Å². The zero-order valence-electron chi connectivity index (χ0n) is 13.9. The summed E-state index contributed by atoms with van der Waals surface area (Å²) in [5.74, 6) is 0.386. The van der Waals surface area contributed by atoms with Crippen LogP contribution in [-0.4, -0.2) is 26.8 Å². The maximum Gasteiger partial charge on any atom is 0.123 e. The van der Waals surface area contributed by atoms with Gasteiger partial charge in [-0.05, 0) is 54.8 Å². The molecule has 1 N–H and O–H groups in total. The molecule has 0 heterocycles. The van der Waals surface area contributed by atoms with E-state index in [1.54, 1.807) is 19.2 Å². The first-order valence-corrected chi connectivity index (χ1v) is 7.85. The fourth-order valence-corrected chi connectivity index (χ4v) is 2.39. The van der Waals surface area contributed by atoms with E-state index in [2.05, 4.69) is 26.1 Å². The van der Waals surface area contributed by atoms with Crippen molar-refractivity contribution in [3.05, 3.63) is 35.6 Å². The molecule has 1 rings (SSSR count). The van der Waals surface area contributed by atoms with Gasteiger partial charge in [0.1, 0.15) is 5.82 Å². The molecule has 1 atom stereocenters. The lowest BCUT2D eigenvalue weighted by atomic mass is 9.84. The normalized spacial score (nSPS) is 13.4. The van der Waals surface area contributed by atoms with Gasteiger partial charge in [0.2, 0.25) is 0 Å². The number of nitrogens with one attached hydrogen (secondary N) is 1. The van der Waals surface area contributed by atoms with Crippen molar-refractivity contribution in [2.24, 2.45) is 11.3 Å². The maximum absolute atomic E-state index is 13.3. The van der Waals surface area contributed by atoms with Crippen molar-refractivity contribution < 1.29 is 9.13 Å². The Labute approximate surface area is 129 Å². The molecular weight excluding hydrogens is 265 g/mol. The van der Waals surface area contributed by atoms with E-state index in [4.69, 9.17) is 4.74 Å². The summed E-state index contributed by atoms with van der Waals surface area (Å²) >= 11 is 0. The zero-order chi connectivity index (χ0) is 15.7. The highest BCUT2D eigenvalue weighted by Gasteiger charge is 2.16. The third-order valence-corrected chi connectivity index (χ3v) is 3.63. The van der Waals surface area contributed by atoms with Gasteiger partial charge < -0.3 is 10.1 Å². The van der Waals surface area contributed by atoms with Gasteiger partial charge in [0, 0.05) is 13.7 Å². The number of hydrogen-bond acceptors (Lipinski definition) is 2. The average Bonchev–Trinajstić information content (AvgIpc) is 2.40. The van der Waals surface area contributed by atoms with E-state index in [-0.39, 0.29) is 5.82 Å². The van der Waals surface area contributed by atoms with E-state index < -0.39 is 0 Å². The quantitative estimate of drug-likeness (QED) is 0.694. The summed E-state index contributed by atoms with van der Waals surface area (Å²) in [6.45, 7) is 9.35. The van der Waals surface area contributed by atoms with E-state index >= 15 is 0 Å². The predicted octanol–water partition coefficient (Wildman–Crippen LogP) is 4.05. The molecule has 3 heteroatoms. The predicted molar refractivity (Wildman–Crippen MR) is 87.0 cm³/mol. The van der Waals surface area contributed by atoms with Gasteiger partial charge >= 0.3 is 0 Å². The average molecular weight is 295 g/mol. The lowest BCUT2D eigenvalue weighted by molar-refractivity contribution is 0.196. The highest BCUT2D eigenvalue weighted by Crippen LogP contribution is 2.25. The molecule has 0 saturated carbocycles. The molecule has 120 valence electrons. The van der Waals surface area contributed by atoms with Gasteiger partial charge in [0.15, 0.2) is 0 Å². The highest BCUT2D eigenvalue weighted by atomic mass is 19.1. The Kier molecular flexibility index (Phi) is 7.91. The fraction of sp³-hybridized carbons (Fsp3) is 0.667. The topological polar surface area (TPSA) is 21.3 Å². The van der Waals surface area contributed by atoms with Crippen molar-refractivity contribution in [2.75, 3.05) is 26.8 Å². The Balaban J connectivity index is 2.53. The van der Waals surface area contributed by atoms with Crippen molar-refractivity contribution in [1.29, 1.82) is 0 Å². The number of rotatable bonds is 9. The number of benzene rings is 1. The number of methoxy groups -OCH3 is 1. The van der Waals surface area contributed by atoms with Crippen molar-refractivity contribution >= 4 is 0 Å². The molecule has 0 fully saturated rings. The molecule has 1 aromatic rings. The lowest BCUT2D eigenvalue weighted by Crippen LogP contribution is -2.28. The number of hydrogen-bond donors (Lipinski definition) is 1. The van der Waals surface area contributed by atoms with E-state index in [0.29, 0.717) is 11.3 Å². The first-order chi connectivity index (χ1) is 9.90. The minimum Gasteiger partial charge on any atom is -0.383 e. The second-order valence-corrected chi connectivity index (χ2v) is 7.00. The van der Waals surface area contributed by atoms with Gasteiger partial charge in [-0.1, -0.05) is 32.9 Å². The molecule has 0 radical (unpaired) electrons. The van der Waals surface area contributed by atoms with Crippen LogP contribution in [0.4, 0.5) is 4.39 Å². The molecule has 0 amide bonds. The van der Waals surface area contributed by atoms with E-state index in [9.17, 15) is 4.39 Å². The van der Waals surface area contributed by atoms with E-state index in [1.165, 1.54) is 12.5 Å². The van der Waals surface area contributed by atoms with Gasteiger partial charge in [0.05, 0.1) is 6.61 Å². The number of halogens is 1. The Hall–Kier alpha value is -0.930. The molecular formula is C18H30FNO. The first kappa shape index (κ1) is 18.1. The van der Waals surface area contributed by atoms with Crippen LogP contribution in [0.5, 0.6) is 0 Å². The Morgan fingerprint density at radius 3 is 2.67 bits per heavy atom. The van der Waals surface area contributed by atoms with Gasteiger partial charge in [-0.25, -0.2) is 4.39 Å². The van der Waals surface area contributed by atoms with E-state index in [0.717, 1.165) is 38.1 Å². The van der Waals surface area contributed by atoms with Crippen LogP contribution in [0.1, 0.15) is 39.2 Å². The monoisotopic (exact) mass is 295 g/mol. The summed E-state index contributed by atoms with van der Waals surface area (Å²) in [5.41, 5.74) is 1.43. The molecule has 0 saturated heterocycles. The summed E-state index contributed by atoms with van der Waals surface area (Å²) in [6, 6.07) is 6.97. The maximum atomic E-state index is 13.3. The van der Waals surface area contributed by atoms with Crippen LogP contribution in [0.15, 0.2) is 24.3 Å². The van der Waals surface area contributed by atoms with Crippen molar-refractivity contribution in [1.82, 2.24) is 5.32 Å². The van der Waals surface area contributed by atoms with Crippen molar-refractivity contribution in [3.63, 3.8) is 0 Å². The first-order valence-electron chi connectivity index (χ1n) is 7.85. The van der Waals surface area contributed by atoms with Crippen molar-refractivity contribution in [3.8, 4) is 0 Å². The molecule has 2 nitrogen and oxygen atoms in total. The van der Waals surface area contributed by atoms with Crippen LogP contribution in [0.2, 0.25) is 0 Å². The molecule has 0 bridgehead atoms. The van der Waals surface area contributed by atoms with E-state index in [1.807, 2.05) is 6.07 Å². The van der Waals surface area contributed by atoms with Crippen LogP contribution in [-0.2, 0) is 11.2 Å². The molecule has 0 aliphatic rings. The summed E-state index contributed by atoms with van der Waals surface area (Å²) in [7, 11) is 1.71. The Bertz CT molecular complexity index is 400. The minimum atomic E-state index is -0.144. The molecule has 21 heavy (non-hydrogen) atoms. The highest BCUT2D eigenvalue weighted by molar-refractivity contribution is 5.16. The standard InChI is InChI=1S/C18H30FNO/c1-18(2,3)9-8-16(14-20-10-11-21-4)12-15-6-5-7-17(19)13-15/h5-7,13,16,20H,8-12,14H2,1-4H3. The summed E-state index contributed by atoms with van der Waals surface area (Å²) in [5, 5.41) is 3.44. The molecule has 0 aliphatic carbocycles. The third kappa shape index (κ3) is 8.84.